The van der Waals surface area contributed by atoms with Crippen molar-refractivity contribution in [2.24, 2.45) is 0 Å². The number of nitrogens with one attached hydrogen (secondary N) is 1. The second kappa shape index (κ2) is 9.80. The molecule has 0 unspecified atom stereocenters. The van der Waals surface area contributed by atoms with Crippen LogP contribution in [0, 0.1) is 0 Å². The van der Waals surface area contributed by atoms with Crippen LogP contribution >= 0.6 is 11.8 Å². The quantitative estimate of drug-likeness (QED) is 0.316. The van der Waals surface area contributed by atoms with Crippen molar-refractivity contribution in [3.63, 3.8) is 0 Å². The van der Waals surface area contributed by atoms with Crippen molar-refractivity contribution < 1.29 is 0 Å². The molecule has 0 saturated heterocycles. The maximum atomic E-state index is 4.89. The van der Waals surface area contributed by atoms with E-state index in [1.54, 1.807) is 11.8 Å². The third-order valence-corrected chi connectivity index (χ3v) is 6.06. The zero-order chi connectivity index (χ0) is 21.6. The van der Waals surface area contributed by atoms with Gasteiger partial charge in [0.2, 0.25) is 0 Å². The van der Waals surface area contributed by atoms with Gasteiger partial charge in [0.25, 0.3) is 0 Å². The molecule has 0 aliphatic carbocycles. The summed E-state index contributed by atoms with van der Waals surface area (Å²) in [6.07, 6.45) is 3.98. The van der Waals surface area contributed by atoms with Crippen LogP contribution in [0.3, 0.4) is 0 Å². The SMILES string of the molecule is CSc1cnc(-c2ccccc2C(C)C)nc1NCc1ccc(-c2ccccc2)cc1. The van der Waals surface area contributed by atoms with Gasteiger partial charge < -0.3 is 5.32 Å². The Hall–Kier alpha value is -3.11. The van der Waals surface area contributed by atoms with Gasteiger partial charge in [-0.25, -0.2) is 9.97 Å². The molecule has 31 heavy (non-hydrogen) atoms. The van der Waals surface area contributed by atoms with E-state index >= 15 is 0 Å². The average molecular weight is 426 g/mol. The number of nitrogens with zero attached hydrogens (tertiary/aromatic N) is 2. The lowest BCUT2D eigenvalue weighted by atomic mass is 9.97. The van der Waals surface area contributed by atoms with E-state index in [9.17, 15) is 0 Å². The number of rotatable bonds is 7. The van der Waals surface area contributed by atoms with E-state index in [1.807, 2.05) is 12.3 Å². The molecule has 1 N–H and O–H groups in total. The Morgan fingerprint density at radius 2 is 1.52 bits per heavy atom. The summed E-state index contributed by atoms with van der Waals surface area (Å²) < 4.78 is 0. The average Bonchev–Trinajstić information content (AvgIpc) is 2.83. The first-order valence-electron chi connectivity index (χ1n) is 10.5. The van der Waals surface area contributed by atoms with E-state index in [-0.39, 0.29) is 0 Å². The normalized spacial score (nSPS) is 11.0. The molecule has 4 rings (SSSR count). The molecular formula is C27H27N3S. The van der Waals surface area contributed by atoms with Crippen LogP contribution in [0.2, 0.25) is 0 Å². The summed E-state index contributed by atoms with van der Waals surface area (Å²) in [5.74, 6) is 2.06. The molecule has 0 bridgehead atoms. The Balaban J connectivity index is 1.55. The van der Waals surface area contributed by atoms with Crippen molar-refractivity contribution in [2.75, 3.05) is 11.6 Å². The number of hydrogen-bond donors (Lipinski definition) is 1. The predicted molar refractivity (Wildman–Crippen MR) is 133 cm³/mol. The van der Waals surface area contributed by atoms with E-state index in [0.717, 1.165) is 22.1 Å². The first-order chi connectivity index (χ1) is 15.2. The van der Waals surface area contributed by atoms with Gasteiger partial charge in [0.15, 0.2) is 5.82 Å². The molecule has 0 fully saturated rings. The van der Waals surface area contributed by atoms with E-state index in [1.165, 1.54) is 22.3 Å². The Labute approximate surface area is 189 Å². The molecule has 0 aliphatic heterocycles. The molecule has 4 heteroatoms. The highest BCUT2D eigenvalue weighted by atomic mass is 32.2. The Kier molecular flexibility index (Phi) is 6.68. The molecule has 4 aromatic rings. The van der Waals surface area contributed by atoms with Crippen molar-refractivity contribution in [1.29, 1.82) is 0 Å². The van der Waals surface area contributed by atoms with Gasteiger partial charge in [-0.15, -0.1) is 11.8 Å². The first-order valence-corrected chi connectivity index (χ1v) is 11.8. The summed E-state index contributed by atoms with van der Waals surface area (Å²) in [6.45, 7) is 5.12. The number of hydrogen-bond acceptors (Lipinski definition) is 4. The zero-order valence-electron chi connectivity index (χ0n) is 18.2. The Morgan fingerprint density at radius 1 is 0.839 bits per heavy atom. The first kappa shape index (κ1) is 21.1. The van der Waals surface area contributed by atoms with Gasteiger partial charge in [0, 0.05) is 18.3 Å². The molecule has 0 radical (unpaired) electrons. The van der Waals surface area contributed by atoms with Gasteiger partial charge in [-0.2, -0.15) is 0 Å². The van der Waals surface area contributed by atoms with Crippen LogP contribution in [0.15, 0.2) is 90.0 Å². The second-order valence-electron chi connectivity index (χ2n) is 7.77. The molecule has 1 aromatic heterocycles. The summed E-state index contributed by atoms with van der Waals surface area (Å²) in [7, 11) is 0. The second-order valence-corrected chi connectivity index (χ2v) is 8.62. The molecule has 3 nitrogen and oxygen atoms in total. The highest BCUT2D eigenvalue weighted by Crippen LogP contribution is 2.30. The Morgan fingerprint density at radius 3 is 2.23 bits per heavy atom. The largest absolute Gasteiger partial charge is 0.365 e. The molecule has 0 atom stereocenters. The minimum absolute atomic E-state index is 0.416. The van der Waals surface area contributed by atoms with Crippen molar-refractivity contribution >= 4 is 17.6 Å². The highest BCUT2D eigenvalue weighted by molar-refractivity contribution is 7.98. The molecule has 0 spiro atoms. The number of aromatic nitrogens is 2. The maximum absolute atomic E-state index is 4.89. The smallest absolute Gasteiger partial charge is 0.161 e. The minimum atomic E-state index is 0.416. The molecule has 3 aromatic carbocycles. The summed E-state index contributed by atoms with van der Waals surface area (Å²) in [4.78, 5) is 10.6. The lowest BCUT2D eigenvalue weighted by molar-refractivity contribution is 0.865. The van der Waals surface area contributed by atoms with Gasteiger partial charge in [-0.05, 0) is 34.4 Å². The van der Waals surface area contributed by atoms with E-state index in [2.05, 4.69) is 103 Å². The zero-order valence-corrected chi connectivity index (χ0v) is 19.0. The van der Waals surface area contributed by atoms with Gasteiger partial charge in [0.05, 0.1) is 4.90 Å². The minimum Gasteiger partial charge on any atom is -0.365 e. The Bertz CT molecular complexity index is 1140. The van der Waals surface area contributed by atoms with Gasteiger partial charge >= 0.3 is 0 Å². The molecular weight excluding hydrogens is 398 g/mol. The maximum Gasteiger partial charge on any atom is 0.161 e. The van der Waals surface area contributed by atoms with Crippen LogP contribution < -0.4 is 5.32 Å². The van der Waals surface area contributed by atoms with E-state index < -0.39 is 0 Å². The topological polar surface area (TPSA) is 37.8 Å². The van der Waals surface area contributed by atoms with Crippen molar-refractivity contribution in [3.05, 3.63) is 96.2 Å². The predicted octanol–water partition coefficient (Wildman–Crippen LogP) is 7.27. The van der Waals surface area contributed by atoms with E-state index in [4.69, 9.17) is 4.98 Å². The fourth-order valence-corrected chi connectivity index (χ4v) is 4.08. The van der Waals surface area contributed by atoms with Crippen LogP contribution in [0.5, 0.6) is 0 Å². The molecule has 0 amide bonds. The summed E-state index contributed by atoms with van der Waals surface area (Å²) in [6, 6.07) is 27.5. The molecule has 1 heterocycles. The van der Waals surface area contributed by atoms with Crippen LogP contribution in [0.25, 0.3) is 22.5 Å². The van der Waals surface area contributed by atoms with Crippen LogP contribution in [0.1, 0.15) is 30.9 Å². The lowest BCUT2D eigenvalue weighted by Gasteiger charge is -2.14. The third-order valence-electron chi connectivity index (χ3n) is 5.32. The fraction of sp³-hybridized carbons (Fsp3) is 0.185. The number of benzene rings is 3. The lowest BCUT2D eigenvalue weighted by Crippen LogP contribution is -2.05. The third kappa shape index (κ3) is 4.97. The van der Waals surface area contributed by atoms with Gasteiger partial charge in [0.1, 0.15) is 5.82 Å². The van der Waals surface area contributed by atoms with Crippen molar-refractivity contribution in [2.45, 2.75) is 31.2 Å². The van der Waals surface area contributed by atoms with Crippen LogP contribution in [-0.4, -0.2) is 16.2 Å². The number of thioether (sulfide) groups is 1. The van der Waals surface area contributed by atoms with Gasteiger partial charge in [-0.3, -0.25) is 0 Å². The van der Waals surface area contributed by atoms with E-state index in [0.29, 0.717) is 12.5 Å². The highest BCUT2D eigenvalue weighted by Gasteiger charge is 2.13. The summed E-state index contributed by atoms with van der Waals surface area (Å²) >= 11 is 1.66. The van der Waals surface area contributed by atoms with Gasteiger partial charge in [-0.1, -0.05) is 92.7 Å². The number of anilines is 1. The summed E-state index contributed by atoms with van der Waals surface area (Å²) in [5.41, 5.74) is 6.04. The molecule has 0 saturated carbocycles. The fourth-order valence-electron chi connectivity index (χ4n) is 3.61. The van der Waals surface area contributed by atoms with Crippen LogP contribution in [-0.2, 0) is 6.54 Å². The van der Waals surface area contributed by atoms with Crippen LogP contribution in [0.4, 0.5) is 5.82 Å². The summed E-state index contributed by atoms with van der Waals surface area (Å²) in [5, 5.41) is 3.53. The standard InChI is InChI=1S/C27H27N3S/c1-19(2)23-11-7-8-12-24(23)26-29-18-25(31-3)27(30-26)28-17-20-13-15-22(16-14-20)21-9-5-4-6-10-21/h4-16,18-19H,17H2,1-3H3,(H,28,29,30). The molecule has 156 valence electrons. The van der Waals surface area contributed by atoms with Crippen molar-refractivity contribution in [3.8, 4) is 22.5 Å². The monoisotopic (exact) mass is 425 g/mol. The molecule has 0 aliphatic rings. The van der Waals surface area contributed by atoms with Crippen molar-refractivity contribution in [1.82, 2.24) is 9.97 Å².